The topological polar surface area (TPSA) is 64.7 Å². The molecule has 0 aliphatic heterocycles. The van der Waals surface area contributed by atoms with Gasteiger partial charge in [0.05, 0.1) is 21.3 Å². The molecular formula is C43H28N4OS. The van der Waals surface area contributed by atoms with Crippen molar-refractivity contribution in [1.29, 1.82) is 0 Å². The minimum atomic E-state index is -0.140. The van der Waals surface area contributed by atoms with Gasteiger partial charge in [0, 0.05) is 32.9 Å². The Morgan fingerprint density at radius 3 is 1.86 bits per heavy atom. The first-order valence-corrected chi connectivity index (χ1v) is 17.3. The normalized spacial score (nSPS) is 13.3. The Morgan fingerprint density at radius 1 is 0.531 bits per heavy atom. The van der Waals surface area contributed by atoms with Crippen LogP contribution >= 0.6 is 11.3 Å². The minimum absolute atomic E-state index is 0.140. The number of hydrogen-bond acceptors (Lipinski definition) is 6. The molecular weight excluding hydrogens is 621 g/mol. The highest BCUT2D eigenvalue weighted by molar-refractivity contribution is 7.16. The van der Waals surface area contributed by atoms with Crippen molar-refractivity contribution in [2.75, 3.05) is 0 Å². The Hall–Kier alpha value is -5.98. The molecule has 3 heterocycles. The molecule has 6 aromatic carbocycles. The van der Waals surface area contributed by atoms with Crippen molar-refractivity contribution in [1.82, 2.24) is 19.9 Å². The van der Waals surface area contributed by atoms with Crippen molar-refractivity contribution in [2.24, 2.45) is 0 Å². The van der Waals surface area contributed by atoms with Crippen molar-refractivity contribution in [3.63, 3.8) is 0 Å². The smallest absolute Gasteiger partial charge is 0.167 e. The summed E-state index contributed by atoms with van der Waals surface area (Å²) in [6, 6.07) is 44.0. The molecule has 0 saturated carbocycles. The highest BCUT2D eigenvalue weighted by Crippen LogP contribution is 2.52. The Morgan fingerprint density at radius 2 is 1.16 bits per heavy atom. The van der Waals surface area contributed by atoms with Crippen LogP contribution in [-0.2, 0) is 5.41 Å². The lowest BCUT2D eigenvalue weighted by Gasteiger charge is -2.21. The van der Waals surface area contributed by atoms with Crippen LogP contribution in [0.25, 0.3) is 88.6 Å². The van der Waals surface area contributed by atoms with Gasteiger partial charge in [0.15, 0.2) is 17.5 Å². The van der Waals surface area contributed by atoms with Crippen molar-refractivity contribution in [3.8, 4) is 56.4 Å². The van der Waals surface area contributed by atoms with Crippen molar-refractivity contribution < 1.29 is 4.42 Å². The van der Waals surface area contributed by atoms with Crippen molar-refractivity contribution in [2.45, 2.75) is 19.3 Å². The van der Waals surface area contributed by atoms with Gasteiger partial charge in [0.2, 0.25) is 0 Å². The lowest BCUT2D eigenvalue weighted by Crippen LogP contribution is -2.15. The molecule has 1 aliphatic carbocycles. The molecule has 0 saturated heterocycles. The quantitative estimate of drug-likeness (QED) is 0.190. The van der Waals surface area contributed by atoms with Gasteiger partial charge in [-0.3, -0.25) is 0 Å². The van der Waals surface area contributed by atoms with Crippen LogP contribution in [0.5, 0.6) is 0 Å². The van der Waals surface area contributed by atoms with Crippen LogP contribution in [0, 0.1) is 0 Å². The van der Waals surface area contributed by atoms with Crippen LogP contribution in [0.3, 0.4) is 0 Å². The average molecular weight is 649 g/mol. The van der Waals surface area contributed by atoms with Gasteiger partial charge in [0.1, 0.15) is 11.2 Å². The predicted octanol–water partition coefficient (Wildman–Crippen LogP) is 11.4. The maximum Gasteiger partial charge on any atom is 0.167 e. The van der Waals surface area contributed by atoms with Gasteiger partial charge < -0.3 is 4.42 Å². The maximum atomic E-state index is 6.88. The van der Waals surface area contributed by atoms with Gasteiger partial charge in [-0.1, -0.05) is 123 Å². The van der Waals surface area contributed by atoms with Crippen molar-refractivity contribution >= 4 is 43.5 Å². The van der Waals surface area contributed by atoms with Gasteiger partial charge in [-0.2, -0.15) is 0 Å². The zero-order chi connectivity index (χ0) is 32.7. The Kier molecular flexibility index (Phi) is 6.02. The number of rotatable bonds is 4. The largest absolute Gasteiger partial charge is 0.455 e. The summed E-state index contributed by atoms with van der Waals surface area (Å²) in [4.78, 5) is 19.7. The van der Waals surface area contributed by atoms with Crippen LogP contribution < -0.4 is 0 Å². The molecule has 10 rings (SSSR count). The molecule has 0 radical (unpaired) electrons. The lowest BCUT2D eigenvalue weighted by atomic mass is 9.81. The molecule has 0 bridgehead atoms. The summed E-state index contributed by atoms with van der Waals surface area (Å²) >= 11 is 1.70. The van der Waals surface area contributed by atoms with E-state index >= 15 is 0 Å². The summed E-state index contributed by atoms with van der Waals surface area (Å²) in [5.41, 5.74) is 14.5. The fourth-order valence-corrected chi connectivity index (χ4v) is 8.24. The first kappa shape index (κ1) is 28.1. The van der Waals surface area contributed by atoms with Gasteiger partial charge in [-0.25, -0.2) is 19.9 Å². The van der Waals surface area contributed by atoms with Gasteiger partial charge in [0.25, 0.3) is 0 Å². The molecule has 0 unspecified atom stereocenters. The molecule has 0 spiro atoms. The first-order valence-electron chi connectivity index (χ1n) is 16.4. The number of furan rings is 1. The molecule has 0 N–H and O–H groups in total. The van der Waals surface area contributed by atoms with Gasteiger partial charge in [-0.05, 0) is 46.0 Å². The van der Waals surface area contributed by atoms with E-state index < -0.39 is 0 Å². The van der Waals surface area contributed by atoms with E-state index in [0.29, 0.717) is 17.5 Å². The molecule has 5 nitrogen and oxygen atoms in total. The summed E-state index contributed by atoms with van der Waals surface area (Å²) < 4.78 is 8.11. The number of hydrogen-bond donors (Lipinski definition) is 0. The second-order valence-electron chi connectivity index (χ2n) is 13.1. The monoisotopic (exact) mass is 648 g/mol. The minimum Gasteiger partial charge on any atom is -0.455 e. The molecule has 6 heteroatoms. The standard InChI is InChI=1S/C43H28N4OS/c1-43(2)34-21-19-27(23-33(34)29-20-22-35-37(36(29)43)44-24-49-35)28-15-9-16-30-31-17-10-18-32(39(31)48-38(28)30)42-46-40(25-11-5-3-6-12-25)45-41(47-42)26-13-7-4-8-14-26/h3-24H,1-2H3. The Bertz CT molecular complexity index is 2690. The highest BCUT2D eigenvalue weighted by Gasteiger charge is 2.38. The molecule has 49 heavy (non-hydrogen) atoms. The number of fused-ring (bicyclic) bond motifs is 8. The fraction of sp³-hybridized carbons (Fsp3) is 0.0698. The van der Waals surface area contributed by atoms with E-state index in [9.17, 15) is 0 Å². The molecule has 9 aromatic rings. The SMILES string of the molecule is CC1(C)c2ccc(-c3cccc4c3oc3c(-c5nc(-c6ccccc6)nc(-c6ccccc6)n5)cccc34)cc2-c2ccc3scnc3c21. The fourth-order valence-electron chi connectivity index (χ4n) is 7.56. The van der Waals surface area contributed by atoms with Crippen LogP contribution in [0.15, 0.2) is 137 Å². The van der Waals surface area contributed by atoms with E-state index in [4.69, 9.17) is 24.4 Å². The van der Waals surface area contributed by atoms with Gasteiger partial charge in [-0.15, -0.1) is 11.3 Å². The number of para-hydroxylation sites is 2. The van der Waals surface area contributed by atoms with E-state index in [1.165, 1.54) is 27.0 Å². The van der Waals surface area contributed by atoms with Crippen molar-refractivity contribution in [3.05, 3.63) is 144 Å². The zero-order valence-electron chi connectivity index (χ0n) is 26.8. The zero-order valence-corrected chi connectivity index (χ0v) is 27.6. The summed E-state index contributed by atoms with van der Waals surface area (Å²) in [5.74, 6) is 1.81. The third-order valence-electron chi connectivity index (χ3n) is 9.89. The summed E-state index contributed by atoms with van der Waals surface area (Å²) in [6.45, 7) is 4.62. The van der Waals surface area contributed by atoms with E-state index in [2.05, 4.69) is 74.5 Å². The molecule has 0 atom stereocenters. The number of benzene rings is 6. The lowest BCUT2D eigenvalue weighted by molar-refractivity contribution is 0.665. The number of thiazole rings is 1. The maximum absolute atomic E-state index is 6.88. The highest BCUT2D eigenvalue weighted by atomic mass is 32.1. The molecule has 232 valence electrons. The van der Waals surface area contributed by atoms with Crippen LogP contribution in [0.2, 0.25) is 0 Å². The summed E-state index contributed by atoms with van der Waals surface area (Å²) in [7, 11) is 0. The molecule has 0 fully saturated rings. The Labute approximate surface area is 286 Å². The second-order valence-corrected chi connectivity index (χ2v) is 14.0. The molecule has 0 amide bonds. The Balaban J connectivity index is 1.16. The second kappa shape index (κ2) is 10.5. The third kappa shape index (κ3) is 4.24. The summed E-state index contributed by atoms with van der Waals surface area (Å²) in [5, 5.41) is 2.08. The third-order valence-corrected chi connectivity index (χ3v) is 10.7. The molecule has 3 aromatic heterocycles. The van der Waals surface area contributed by atoms with E-state index in [-0.39, 0.29) is 5.41 Å². The number of aromatic nitrogens is 4. The van der Waals surface area contributed by atoms with E-state index in [0.717, 1.165) is 55.3 Å². The molecule has 1 aliphatic rings. The van der Waals surface area contributed by atoms with Crippen LogP contribution in [0.1, 0.15) is 25.0 Å². The first-order chi connectivity index (χ1) is 24.0. The van der Waals surface area contributed by atoms with Gasteiger partial charge >= 0.3 is 0 Å². The number of nitrogens with zero attached hydrogens (tertiary/aromatic N) is 4. The average Bonchev–Trinajstić information content (AvgIpc) is 3.85. The van der Waals surface area contributed by atoms with E-state index in [1.54, 1.807) is 11.3 Å². The summed E-state index contributed by atoms with van der Waals surface area (Å²) in [6.07, 6.45) is 0. The van der Waals surface area contributed by atoms with Crippen LogP contribution in [-0.4, -0.2) is 19.9 Å². The van der Waals surface area contributed by atoms with E-state index in [1.807, 2.05) is 72.2 Å². The van der Waals surface area contributed by atoms with Crippen LogP contribution in [0.4, 0.5) is 0 Å². The predicted molar refractivity (Wildman–Crippen MR) is 200 cm³/mol.